The number of nitrogens with one attached hydrogen (secondary N) is 1. The van der Waals surface area contributed by atoms with Crippen LogP contribution in [-0.2, 0) is 0 Å². The minimum Gasteiger partial charge on any atom is -0.368 e. The Morgan fingerprint density at radius 2 is 2.00 bits per heavy atom. The molecular formula is C19H20FN7O. The summed E-state index contributed by atoms with van der Waals surface area (Å²) in [5.41, 5.74) is 1.69. The van der Waals surface area contributed by atoms with Crippen LogP contribution in [0.1, 0.15) is 10.4 Å². The number of pyridine rings is 1. The first-order valence-electron chi connectivity index (χ1n) is 8.96. The average molecular weight is 381 g/mol. The molecule has 3 heterocycles. The number of halogens is 1. The molecule has 4 rings (SSSR count). The predicted molar refractivity (Wildman–Crippen MR) is 103 cm³/mol. The largest absolute Gasteiger partial charge is 0.368 e. The molecule has 0 atom stereocenters. The summed E-state index contributed by atoms with van der Waals surface area (Å²) in [5.74, 6) is -0.657. The van der Waals surface area contributed by atoms with Gasteiger partial charge in [0, 0.05) is 38.1 Å². The molecule has 9 heteroatoms. The zero-order valence-corrected chi connectivity index (χ0v) is 15.4. The van der Waals surface area contributed by atoms with E-state index in [2.05, 4.69) is 37.3 Å². The normalized spacial score (nSPS) is 14.9. The zero-order chi connectivity index (χ0) is 19.5. The van der Waals surface area contributed by atoms with Crippen molar-refractivity contribution >= 4 is 17.5 Å². The molecule has 1 saturated heterocycles. The third-order valence-corrected chi connectivity index (χ3v) is 4.74. The smallest absolute Gasteiger partial charge is 0.260 e. The fourth-order valence-corrected chi connectivity index (χ4v) is 3.19. The Morgan fingerprint density at radius 1 is 1.18 bits per heavy atom. The highest BCUT2D eigenvalue weighted by Crippen LogP contribution is 2.24. The molecule has 8 nitrogen and oxygen atoms in total. The summed E-state index contributed by atoms with van der Waals surface area (Å²) in [4.78, 5) is 21.3. The maximum Gasteiger partial charge on any atom is 0.260 e. The Kier molecular flexibility index (Phi) is 4.98. The van der Waals surface area contributed by atoms with Crippen molar-refractivity contribution in [2.75, 3.05) is 43.4 Å². The van der Waals surface area contributed by atoms with E-state index in [0.717, 1.165) is 26.2 Å². The lowest BCUT2D eigenvalue weighted by molar-refractivity contribution is 0.102. The van der Waals surface area contributed by atoms with Gasteiger partial charge in [-0.05, 0) is 37.4 Å². The van der Waals surface area contributed by atoms with E-state index in [-0.39, 0.29) is 11.5 Å². The van der Waals surface area contributed by atoms with E-state index >= 15 is 0 Å². The molecule has 1 aliphatic heterocycles. The second-order valence-corrected chi connectivity index (χ2v) is 6.64. The van der Waals surface area contributed by atoms with Crippen LogP contribution in [0.3, 0.4) is 0 Å². The maximum atomic E-state index is 13.9. The molecule has 1 aliphatic rings. The molecule has 28 heavy (non-hydrogen) atoms. The van der Waals surface area contributed by atoms with Gasteiger partial charge in [0.1, 0.15) is 12.1 Å². The minimum absolute atomic E-state index is 0.242. The van der Waals surface area contributed by atoms with Gasteiger partial charge in [-0.1, -0.05) is 0 Å². The number of anilines is 2. The van der Waals surface area contributed by atoms with E-state index < -0.39 is 11.7 Å². The summed E-state index contributed by atoms with van der Waals surface area (Å²) < 4.78 is 15.5. The van der Waals surface area contributed by atoms with Gasteiger partial charge in [-0.25, -0.2) is 4.39 Å². The summed E-state index contributed by atoms with van der Waals surface area (Å²) in [6.45, 7) is 3.31. The molecule has 0 aliphatic carbocycles. The van der Waals surface area contributed by atoms with E-state index in [0.29, 0.717) is 11.4 Å². The molecule has 0 radical (unpaired) electrons. The number of carbonyl (C=O) groups is 1. The van der Waals surface area contributed by atoms with Crippen molar-refractivity contribution in [3.8, 4) is 5.69 Å². The minimum atomic E-state index is -0.461. The number of hydrogen-bond donors (Lipinski definition) is 1. The van der Waals surface area contributed by atoms with Crippen molar-refractivity contribution in [1.82, 2.24) is 24.6 Å². The van der Waals surface area contributed by atoms with Gasteiger partial charge in [-0.15, -0.1) is 10.2 Å². The number of hydrogen-bond acceptors (Lipinski definition) is 6. The summed E-state index contributed by atoms with van der Waals surface area (Å²) in [7, 11) is 2.06. The molecule has 0 spiro atoms. The van der Waals surface area contributed by atoms with E-state index in [1.807, 2.05) is 6.07 Å². The van der Waals surface area contributed by atoms with Crippen molar-refractivity contribution < 1.29 is 9.18 Å². The Labute approximate surface area is 161 Å². The van der Waals surface area contributed by atoms with E-state index in [1.54, 1.807) is 29.1 Å². The lowest BCUT2D eigenvalue weighted by Crippen LogP contribution is -2.45. The second-order valence-electron chi connectivity index (χ2n) is 6.64. The molecule has 0 unspecified atom stereocenters. The van der Waals surface area contributed by atoms with Gasteiger partial charge in [-0.3, -0.25) is 19.7 Å². The van der Waals surface area contributed by atoms with Crippen LogP contribution in [-0.4, -0.2) is 63.8 Å². The van der Waals surface area contributed by atoms with Crippen molar-refractivity contribution in [2.45, 2.75) is 0 Å². The molecule has 1 N–H and O–H groups in total. The number of amides is 1. The summed E-state index contributed by atoms with van der Waals surface area (Å²) >= 11 is 0. The third kappa shape index (κ3) is 3.70. The molecule has 1 fully saturated rings. The van der Waals surface area contributed by atoms with Gasteiger partial charge < -0.3 is 9.80 Å². The predicted octanol–water partition coefficient (Wildman–Crippen LogP) is 1.81. The van der Waals surface area contributed by atoms with E-state index in [1.165, 1.54) is 18.5 Å². The van der Waals surface area contributed by atoms with Crippen LogP contribution in [0.25, 0.3) is 5.69 Å². The average Bonchev–Trinajstić information content (AvgIpc) is 3.17. The monoisotopic (exact) mass is 381 g/mol. The van der Waals surface area contributed by atoms with Crippen molar-refractivity contribution in [1.29, 1.82) is 0 Å². The molecule has 2 aromatic heterocycles. The van der Waals surface area contributed by atoms with Crippen LogP contribution in [0.15, 0.2) is 49.1 Å². The third-order valence-electron chi connectivity index (χ3n) is 4.74. The SMILES string of the molecule is CN1CCN(c2ccc(F)cc2C(=O)Nc2nncn2-c2cccnc2)CC1. The standard InChI is InChI=1S/C19H20FN7O/c1-25-7-9-26(10-8-25)17-5-4-14(20)11-16(17)18(28)23-19-24-22-13-27(19)15-3-2-6-21-12-15/h2-6,11-13H,7-10H2,1H3,(H,23,24,28). The quantitative estimate of drug-likeness (QED) is 0.743. The Bertz CT molecular complexity index is 967. The van der Waals surface area contributed by atoms with E-state index in [9.17, 15) is 9.18 Å². The van der Waals surface area contributed by atoms with Gasteiger partial charge in [0.25, 0.3) is 5.91 Å². The molecule has 0 bridgehead atoms. The first kappa shape index (κ1) is 18.1. The van der Waals surface area contributed by atoms with Crippen LogP contribution < -0.4 is 10.2 Å². The number of carbonyl (C=O) groups excluding carboxylic acids is 1. The lowest BCUT2D eigenvalue weighted by Gasteiger charge is -2.35. The number of piperazine rings is 1. The van der Waals surface area contributed by atoms with Gasteiger partial charge in [0.2, 0.25) is 5.95 Å². The zero-order valence-electron chi connectivity index (χ0n) is 15.4. The van der Waals surface area contributed by atoms with Crippen LogP contribution >= 0.6 is 0 Å². The molecule has 1 aromatic carbocycles. The molecule has 1 amide bonds. The second kappa shape index (κ2) is 7.73. The summed E-state index contributed by atoms with van der Waals surface area (Å²) in [5, 5.41) is 10.6. The van der Waals surface area contributed by atoms with E-state index in [4.69, 9.17) is 0 Å². The number of likely N-dealkylation sites (N-methyl/N-ethyl adjacent to an activating group) is 1. The number of nitrogens with zero attached hydrogens (tertiary/aromatic N) is 6. The highest BCUT2D eigenvalue weighted by Gasteiger charge is 2.22. The Morgan fingerprint density at radius 3 is 2.75 bits per heavy atom. The van der Waals surface area contributed by atoms with Crippen molar-refractivity contribution in [2.24, 2.45) is 0 Å². The fourth-order valence-electron chi connectivity index (χ4n) is 3.19. The molecule has 144 valence electrons. The first-order chi connectivity index (χ1) is 13.6. The number of rotatable bonds is 4. The van der Waals surface area contributed by atoms with Crippen molar-refractivity contribution in [3.05, 3.63) is 60.4 Å². The Hall–Kier alpha value is -3.33. The first-order valence-corrected chi connectivity index (χ1v) is 8.96. The van der Waals surface area contributed by atoms with Gasteiger partial charge in [0.05, 0.1) is 17.4 Å². The molecule has 0 saturated carbocycles. The van der Waals surface area contributed by atoms with Gasteiger partial charge >= 0.3 is 0 Å². The molecular weight excluding hydrogens is 361 g/mol. The topological polar surface area (TPSA) is 79.2 Å². The van der Waals surface area contributed by atoms with Gasteiger partial charge in [0.15, 0.2) is 0 Å². The maximum absolute atomic E-state index is 13.9. The lowest BCUT2D eigenvalue weighted by atomic mass is 10.1. The van der Waals surface area contributed by atoms with Crippen molar-refractivity contribution in [3.63, 3.8) is 0 Å². The Balaban J connectivity index is 1.61. The molecule has 3 aromatic rings. The van der Waals surface area contributed by atoms with Crippen LogP contribution in [0.5, 0.6) is 0 Å². The van der Waals surface area contributed by atoms with Gasteiger partial charge in [-0.2, -0.15) is 0 Å². The highest BCUT2D eigenvalue weighted by atomic mass is 19.1. The van der Waals surface area contributed by atoms with Crippen LogP contribution in [0.2, 0.25) is 0 Å². The summed E-state index contributed by atoms with van der Waals surface area (Å²) in [6, 6.07) is 7.89. The van der Waals surface area contributed by atoms with Crippen LogP contribution in [0, 0.1) is 5.82 Å². The summed E-state index contributed by atoms with van der Waals surface area (Å²) in [6.07, 6.45) is 4.78. The van der Waals surface area contributed by atoms with Crippen LogP contribution in [0.4, 0.5) is 16.0 Å². The number of benzene rings is 1. The number of aromatic nitrogens is 4. The fraction of sp³-hybridized carbons (Fsp3) is 0.263. The highest BCUT2D eigenvalue weighted by molar-refractivity contribution is 6.07.